The molecule has 0 aromatic carbocycles. The lowest BCUT2D eigenvalue weighted by Gasteiger charge is -2.57. The van der Waals surface area contributed by atoms with Gasteiger partial charge in [-0.2, -0.15) is 0 Å². The number of carboxylic acid groups (broad SMARTS) is 2. The van der Waals surface area contributed by atoms with Gasteiger partial charge in [0, 0.05) is 0 Å². The monoisotopic (exact) mass is 184 g/mol. The van der Waals surface area contributed by atoms with Crippen LogP contribution in [0.1, 0.15) is 32.1 Å². The molecule has 0 heterocycles. The molecule has 2 fully saturated rings. The predicted molar refractivity (Wildman–Crippen MR) is 43.2 cm³/mol. The smallest absolute Gasteiger partial charge is 0.321 e. The number of aliphatic carboxylic acids is 2. The summed E-state index contributed by atoms with van der Waals surface area (Å²) in [6.07, 6.45) is 3.81. The highest BCUT2D eigenvalue weighted by molar-refractivity contribution is 5.99. The van der Waals surface area contributed by atoms with E-state index in [0.717, 1.165) is 19.3 Å². The van der Waals surface area contributed by atoms with Gasteiger partial charge in [0.2, 0.25) is 0 Å². The molecule has 2 aliphatic rings. The average molecular weight is 184 g/mol. The van der Waals surface area contributed by atoms with Crippen LogP contribution in [0.2, 0.25) is 0 Å². The maximum absolute atomic E-state index is 10.8. The lowest BCUT2D eigenvalue weighted by Crippen LogP contribution is -2.58. The summed E-state index contributed by atoms with van der Waals surface area (Å²) in [6.45, 7) is 0. The Bertz CT molecular complexity index is 253. The van der Waals surface area contributed by atoms with Crippen LogP contribution in [0, 0.1) is 10.8 Å². The van der Waals surface area contributed by atoms with Crippen molar-refractivity contribution < 1.29 is 19.8 Å². The van der Waals surface area contributed by atoms with E-state index in [1.54, 1.807) is 0 Å². The molecule has 4 heteroatoms. The summed E-state index contributed by atoms with van der Waals surface area (Å²) in [5, 5.41) is 17.7. The van der Waals surface area contributed by atoms with Gasteiger partial charge in [-0.15, -0.1) is 0 Å². The van der Waals surface area contributed by atoms with E-state index < -0.39 is 17.4 Å². The molecule has 2 aliphatic carbocycles. The Morgan fingerprint density at radius 3 is 1.69 bits per heavy atom. The van der Waals surface area contributed by atoms with Crippen molar-refractivity contribution in [2.45, 2.75) is 32.1 Å². The van der Waals surface area contributed by atoms with Gasteiger partial charge in [0.1, 0.15) is 0 Å². The minimum atomic E-state index is -1.46. The van der Waals surface area contributed by atoms with Crippen molar-refractivity contribution in [3.05, 3.63) is 0 Å². The third-order valence-electron chi connectivity index (χ3n) is 3.59. The van der Waals surface area contributed by atoms with Gasteiger partial charge in [-0.25, -0.2) is 0 Å². The van der Waals surface area contributed by atoms with Crippen molar-refractivity contribution >= 4 is 11.9 Å². The van der Waals surface area contributed by atoms with Gasteiger partial charge in [-0.1, -0.05) is 6.42 Å². The Morgan fingerprint density at radius 1 is 1.00 bits per heavy atom. The van der Waals surface area contributed by atoms with E-state index in [9.17, 15) is 9.59 Å². The molecule has 0 amide bonds. The molecule has 2 N–H and O–H groups in total. The Hall–Kier alpha value is -1.06. The first-order valence-electron chi connectivity index (χ1n) is 4.48. The highest BCUT2D eigenvalue weighted by Crippen LogP contribution is 2.64. The predicted octanol–water partition coefficient (Wildman–Crippen LogP) is 1.11. The van der Waals surface area contributed by atoms with E-state index in [1.807, 2.05) is 0 Å². The summed E-state index contributed by atoms with van der Waals surface area (Å²) >= 11 is 0. The van der Waals surface area contributed by atoms with Crippen molar-refractivity contribution in [2.75, 3.05) is 0 Å². The van der Waals surface area contributed by atoms with Crippen molar-refractivity contribution in [1.82, 2.24) is 0 Å². The number of hydrogen-bond donors (Lipinski definition) is 2. The molecule has 0 bridgehead atoms. The molecule has 0 atom stereocenters. The van der Waals surface area contributed by atoms with Crippen molar-refractivity contribution in [3.63, 3.8) is 0 Å². The van der Waals surface area contributed by atoms with Crippen LogP contribution in [0.25, 0.3) is 0 Å². The molecule has 2 saturated carbocycles. The SMILES string of the molecule is O=C(O)C1(C(=O)O)CC2(CCC2)C1. The number of carbonyl (C=O) groups is 2. The average Bonchev–Trinajstić information content (AvgIpc) is 1.78. The number of rotatable bonds is 2. The van der Waals surface area contributed by atoms with Gasteiger partial charge in [-0.05, 0) is 31.1 Å². The molecule has 0 saturated heterocycles. The molecule has 0 aromatic heterocycles. The number of hydrogen-bond acceptors (Lipinski definition) is 2. The van der Waals surface area contributed by atoms with Crippen LogP contribution >= 0.6 is 0 Å². The van der Waals surface area contributed by atoms with Gasteiger partial charge < -0.3 is 10.2 Å². The second kappa shape index (κ2) is 2.25. The highest BCUT2D eigenvalue weighted by atomic mass is 16.4. The lowest BCUT2D eigenvalue weighted by atomic mass is 9.45. The molecule has 72 valence electrons. The zero-order valence-corrected chi connectivity index (χ0v) is 7.25. The van der Waals surface area contributed by atoms with Crippen LogP contribution in [-0.4, -0.2) is 22.2 Å². The summed E-state index contributed by atoms with van der Waals surface area (Å²) in [5.74, 6) is -2.34. The van der Waals surface area contributed by atoms with Crippen LogP contribution < -0.4 is 0 Å². The lowest BCUT2D eigenvalue weighted by molar-refractivity contribution is -0.191. The topological polar surface area (TPSA) is 74.6 Å². The molecular weight excluding hydrogens is 172 g/mol. The molecule has 0 aliphatic heterocycles. The zero-order chi connectivity index (χ0) is 9.69. The van der Waals surface area contributed by atoms with Crippen LogP contribution in [0.15, 0.2) is 0 Å². The molecule has 1 spiro atoms. The summed E-state index contributed by atoms with van der Waals surface area (Å²) in [5.41, 5.74) is -1.38. The van der Waals surface area contributed by atoms with Crippen LogP contribution in [0.4, 0.5) is 0 Å². The van der Waals surface area contributed by atoms with Gasteiger partial charge in [0.15, 0.2) is 5.41 Å². The maximum atomic E-state index is 10.8. The summed E-state index contributed by atoms with van der Waals surface area (Å²) in [6, 6.07) is 0. The first-order chi connectivity index (χ1) is 6.01. The zero-order valence-electron chi connectivity index (χ0n) is 7.25. The Kier molecular flexibility index (Phi) is 1.47. The summed E-state index contributed by atoms with van der Waals surface area (Å²) in [7, 11) is 0. The fourth-order valence-corrected chi connectivity index (χ4v) is 2.65. The first-order valence-corrected chi connectivity index (χ1v) is 4.48. The maximum Gasteiger partial charge on any atom is 0.321 e. The van der Waals surface area contributed by atoms with E-state index in [-0.39, 0.29) is 5.41 Å². The normalized spacial score (nSPS) is 27.4. The molecule has 13 heavy (non-hydrogen) atoms. The second-order valence-corrected chi connectivity index (χ2v) is 4.40. The third kappa shape index (κ3) is 0.913. The van der Waals surface area contributed by atoms with E-state index in [2.05, 4.69) is 0 Å². The molecular formula is C9H12O4. The second-order valence-electron chi connectivity index (χ2n) is 4.40. The molecule has 0 unspecified atom stereocenters. The van der Waals surface area contributed by atoms with Crippen molar-refractivity contribution in [3.8, 4) is 0 Å². The van der Waals surface area contributed by atoms with Gasteiger partial charge in [0.25, 0.3) is 0 Å². The Balaban J connectivity index is 2.13. The largest absolute Gasteiger partial charge is 0.480 e. The van der Waals surface area contributed by atoms with Crippen LogP contribution in [0.3, 0.4) is 0 Å². The van der Waals surface area contributed by atoms with E-state index >= 15 is 0 Å². The van der Waals surface area contributed by atoms with Gasteiger partial charge in [0.05, 0.1) is 0 Å². The van der Waals surface area contributed by atoms with Crippen LogP contribution in [0.5, 0.6) is 0 Å². The van der Waals surface area contributed by atoms with Gasteiger partial charge in [-0.3, -0.25) is 9.59 Å². The Labute approximate surface area is 75.6 Å². The van der Waals surface area contributed by atoms with Crippen molar-refractivity contribution in [1.29, 1.82) is 0 Å². The fraction of sp³-hybridized carbons (Fsp3) is 0.778. The Morgan fingerprint density at radius 2 is 1.46 bits per heavy atom. The summed E-state index contributed by atoms with van der Waals surface area (Å²) in [4.78, 5) is 21.6. The van der Waals surface area contributed by atoms with Crippen molar-refractivity contribution in [2.24, 2.45) is 10.8 Å². The molecule has 2 rings (SSSR count). The summed E-state index contributed by atoms with van der Waals surface area (Å²) < 4.78 is 0. The molecule has 0 aromatic rings. The highest BCUT2D eigenvalue weighted by Gasteiger charge is 2.65. The first kappa shape index (κ1) is 8.53. The minimum Gasteiger partial charge on any atom is -0.480 e. The van der Waals surface area contributed by atoms with E-state index in [1.165, 1.54) is 0 Å². The van der Waals surface area contributed by atoms with E-state index in [4.69, 9.17) is 10.2 Å². The quantitative estimate of drug-likeness (QED) is 0.630. The van der Waals surface area contributed by atoms with Gasteiger partial charge >= 0.3 is 11.9 Å². The fourth-order valence-electron chi connectivity index (χ4n) is 2.65. The van der Waals surface area contributed by atoms with Crippen LogP contribution in [-0.2, 0) is 9.59 Å². The molecule has 4 nitrogen and oxygen atoms in total. The third-order valence-corrected chi connectivity index (χ3v) is 3.59. The minimum absolute atomic E-state index is 0.0801. The molecule has 0 radical (unpaired) electrons. The standard InChI is InChI=1S/C9H12O4/c10-6(11)9(7(12)13)4-8(5-9)2-1-3-8/h1-5H2,(H,10,11)(H,12,13). The van der Waals surface area contributed by atoms with E-state index in [0.29, 0.717) is 12.8 Å². The number of carboxylic acids is 2.